The summed E-state index contributed by atoms with van der Waals surface area (Å²) < 4.78 is 5.61. The van der Waals surface area contributed by atoms with E-state index in [1.807, 2.05) is 11.0 Å². The van der Waals surface area contributed by atoms with Crippen LogP contribution in [0.3, 0.4) is 0 Å². The molecule has 1 spiro atoms. The van der Waals surface area contributed by atoms with E-state index in [9.17, 15) is 19.8 Å². The average Bonchev–Trinajstić information content (AvgIpc) is 3.44. The normalized spacial score (nSPS) is 26.8. The molecule has 2 heterocycles. The summed E-state index contributed by atoms with van der Waals surface area (Å²) in [5.74, 6) is 0.574. The van der Waals surface area contributed by atoms with Crippen LogP contribution in [-0.2, 0) is 20.9 Å². The maximum atomic E-state index is 13.3. The number of nitrogens with zero attached hydrogens (tertiary/aromatic N) is 2. The van der Waals surface area contributed by atoms with Crippen molar-refractivity contribution in [2.45, 2.75) is 95.8 Å². The second-order valence-electron chi connectivity index (χ2n) is 11.6. The Morgan fingerprint density at radius 2 is 1.62 bits per heavy atom. The minimum absolute atomic E-state index is 0.153. The van der Waals surface area contributed by atoms with Gasteiger partial charge in [-0.3, -0.25) is 14.5 Å². The molecule has 0 unspecified atom stereocenters. The molecule has 1 amide bonds. The summed E-state index contributed by atoms with van der Waals surface area (Å²) in [6.07, 6.45) is 8.51. The predicted molar refractivity (Wildman–Crippen MR) is 143 cm³/mol. The average molecular weight is 515 g/mol. The van der Waals surface area contributed by atoms with Crippen molar-refractivity contribution in [3.63, 3.8) is 0 Å². The zero-order valence-electron chi connectivity index (χ0n) is 22.4. The monoisotopic (exact) mass is 514 g/mol. The van der Waals surface area contributed by atoms with Crippen LogP contribution in [-0.4, -0.2) is 76.9 Å². The van der Waals surface area contributed by atoms with E-state index in [0.29, 0.717) is 25.4 Å². The van der Waals surface area contributed by atoms with Crippen molar-refractivity contribution in [3.05, 3.63) is 35.9 Å². The minimum Gasteiger partial charge on any atom is -0.462 e. The van der Waals surface area contributed by atoms with Crippen molar-refractivity contribution in [1.29, 1.82) is 0 Å². The van der Waals surface area contributed by atoms with E-state index in [1.54, 1.807) is 0 Å². The lowest BCUT2D eigenvalue weighted by molar-refractivity contribution is -0.165. The zero-order valence-corrected chi connectivity index (χ0v) is 22.4. The summed E-state index contributed by atoms with van der Waals surface area (Å²) in [5, 5.41) is 21.0. The number of rotatable bonds is 5. The van der Waals surface area contributed by atoms with Crippen LogP contribution in [0.4, 0.5) is 0 Å². The Bertz CT molecular complexity index is 849. The van der Waals surface area contributed by atoms with Crippen molar-refractivity contribution in [3.8, 4) is 0 Å². The predicted octanol–water partition coefficient (Wildman–Crippen LogP) is 3.91. The fourth-order valence-electron chi connectivity index (χ4n) is 6.35. The van der Waals surface area contributed by atoms with E-state index >= 15 is 0 Å². The molecule has 4 rings (SSSR count). The van der Waals surface area contributed by atoms with Gasteiger partial charge in [0.25, 0.3) is 0 Å². The lowest BCUT2D eigenvalue weighted by Gasteiger charge is -2.40. The molecule has 206 valence electrons. The molecular weight excluding hydrogens is 468 g/mol. The molecule has 37 heavy (non-hydrogen) atoms. The van der Waals surface area contributed by atoms with Crippen molar-refractivity contribution >= 4 is 11.9 Å². The third-order valence-corrected chi connectivity index (χ3v) is 8.95. The largest absolute Gasteiger partial charge is 0.462 e. The third-order valence-electron chi connectivity index (χ3n) is 8.95. The molecule has 0 bridgehead atoms. The molecular formula is C30H46N2O5. The summed E-state index contributed by atoms with van der Waals surface area (Å²) in [4.78, 5) is 30.6. The molecule has 0 radical (unpaired) electrons. The Balaban J connectivity index is 1.36. The summed E-state index contributed by atoms with van der Waals surface area (Å²) in [6, 6.07) is 10.4. The fraction of sp³-hybridized carbons (Fsp3) is 0.733. The van der Waals surface area contributed by atoms with Crippen LogP contribution in [0.2, 0.25) is 0 Å². The van der Waals surface area contributed by atoms with Gasteiger partial charge in [-0.2, -0.15) is 0 Å². The molecule has 1 aromatic rings. The van der Waals surface area contributed by atoms with Gasteiger partial charge in [0.2, 0.25) is 5.91 Å². The lowest BCUT2D eigenvalue weighted by atomic mass is 9.74. The highest BCUT2D eigenvalue weighted by Gasteiger charge is 2.42. The number of carbonyl (C=O) groups excluding carboxylic acids is 2. The number of aliphatic hydroxyl groups is 2. The summed E-state index contributed by atoms with van der Waals surface area (Å²) in [7, 11) is 0. The van der Waals surface area contributed by atoms with Crippen LogP contribution in [0.25, 0.3) is 0 Å². The molecule has 1 aromatic carbocycles. The number of cyclic esters (lactones) is 1. The first-order valence-corrected chi connectivity index (χ1v) is 14.5. The Labute approximate surface area is 222 Å². The second kappa shape index (κ2) is 13.7. The highest BCUT2D eigenvalue weighted by Crippen LogP contribution is 2.39. The van der Waals surface area contributed by atoms with Crippen LogP contribution in [0, 0.1) is 11.3 Å². The maximum Gasteiger partial charge on any atom is 0.312 e. The van der Waals surface area contributed by atoms with Gasteiger partial charge >= 0.3 is 5.97 Å². The maximum absolute atomic E-state index is 13.3. The first-order chi connectivity index (χ1) is 17.9. The number of aliphatic hydroxyl groups excluding tert-OH is 2. The van der Waals surface area contributed by atoms with Crippen LogP contribution in [0.5, 0.6) is 0 Å². The quantitative estimate of drug-likeness (QED) is 0.579. The van der Waals surface area contributed by atoms with E-state index in [2.05, 4.69) is 29.2 Å². The highest BCUT2D eigenvalue weighted by molar-refractivity contribution is 5.77. The molecule has 1 aliphatic carbocycles. The molecule has 2 aliphatic heterocycles. The summed E-state index contributed by atoms with van der Waals surface area (Å²) >= 11 is 0. The van der Waals surface area contributed by atoms with Gasteiger partial charge in [-0.1, -0.05) is 62.4 Å². The number of benzene rings is 1. The van der Waals surface area contributed by atoms with Gasteiger partial charge in [0, 0.05) is 26.1 Å². The zero-order chi connectivity index (χ0) is 26.1. The Kier molecular flexibility index (Phi) is 10.4. The number of likely N-dealkylation sites (tertiary alicyclic amines) is 1. The van der Waals surface area contributed by atoms with Gasteiger partial charge in [-0.15, -0.1) is 0 Å². The van der Waals surface area contributed by atoms with Crippen molar-refractivity contribution in [2.24, 2.45) is 11.3 Å². The lowest BCUT2D eigenvalue weighted by Crippen LogP contribution is -2.45. The molecule has 2 N–H and O–H groups in total. The van der Waals surface area contributed by atoms with Crippen molar-refractivity contribution < 1.29 is 24.5 Å². The van der Waals surface area contributed by atoms with E-state index in [4.69, 9.17) is 4.74 Å². The van der Waals surface area contributed by atoms with Gasteiger partial charge in [0.05, 0.1) is 11.5 Å². The highest BCUT2D eigenvalue weighted by atomic mass is 16.5. The first-order valence-electron chi connectivity index (χ1n) is 14.5. The number of ether oxygens (including phenoxy) is 1. The van der Waals surface area contributed by atoms with Gasteiger partial charge in [0.15, 0.2) is 0 Å². The number of amides is 1. The van der Waals surface area contributed by atoms with Crippen LogP contribution < -0.4 is 0 Å². The Hall–Kier alpha value is -1.96. The van der Waals surface area contributed by atoms with Crippen LogP contribution in [0.1, 0.15) is 82.6 Å². The molecule has 2 atom stereocenters. The molecule has 1 saturated carbocycles. The van der Waals surface area contributed by atoms with Crippen LogP contribution >= 0.6 is 0 Å². The van der Waals surface area contributed by atoms with E-state index < -0.39 is 17.6 Å². The second-order valence-corrected chi connectivity index (χ2v) is 11.6. The molecule has 7 heteroatoms. The third kappa shape index (κ3) is 8.01. The number of hydrogen-bond acceptors (Lipinski definition) is 6. The number of hydrogen-bond donors (Lipinski definition) is 2. The standard InChI is InChI=1S/C30H46N2O5/c33-26-14-19-32(28(35)13-12-24-8-4-5-9-24)18-7-6-15-30(29(36)37-23-27(26)34)16-20-31(21-17-30)22-25-10-2-1-3-11-25/h1-3,10-11,24,26-27,33-34H,4-9,12-23H2/t26-,27+/m0/s1. The Morgan fingerprint density at radius 1 is 0.892 bits per heavy atom. The number of esters is 1. The van der Waals surface area contributed by atoms with Gasteiger partial charge in [-0.05, 0) is 63.1 Å². The summed E-state index contributed by atoms with van der Waals surface area (Å²) in [5.41, 5.74) is 0.703. The molecule has 0 aromatic heterocycles. The van der Waals surface area contributed by atoms with Gasteiger partial charge in [-0.25, -0.2) is 0 Å². The SMILES string of the molecule is O=C(CCC1CCCC1)N1CCCCC2(CCN(Cc3ccccc3)CC2)C(=O)OC[C@@H](O)[C@@H](O)CC1. The number of carbonyl (C=O) groups is 2. The summed E-state index contributed by atoms with van der Waals surface area (Å²) in [6.45, 7) is 3.37. The van der Waals surface area contributed by atoms with Crippen LogP contribution in [0.15, 0.2) is 30.3 Å². The molecule has 3 aliphatic rings. The van der Waals surface area contributed by atoms with Gasteiger partial charge < -0.3 is 19.8 Å². The topological polar surface area (TPSA) is 90.3 Å². The molecule has 3 fully saturated rings. The van der Waals surface area contributed by atoms with E-state index in [-0.39, 0.29) is 24.9 Å². The smallest absolute Gasteiger partial charge is 0.312 e. The van der Waals surface area contributed by atoms with Gasteiger partial charge in [0.1, 0.15) is 12.7 Å². The van der Waals surface area contributed by atoms with E-state index in [0.717, 1.165) is 58.2 Å². The number of piperidine rings is 1. The van der Waals surface area contributed by atoms with Crippen molar-refractivity contribution in [1.82, 2.24) is 9.80 Å². The fourth-order valence-corrected chi connectivity index (χ4v) is 6.35. The molecule has 2 saturated heterocycles. The first kappa shape index (κ1) is 28.1. The minimum atomic E-state index is -1.14. The van der Waals surface area contributed by atoms with E-state index in [1.165, 1.54) is 31.2 Å². The molecule has 7 nitrogen and oxygen atoms in total. The Morgan fingerprint density at radius 3 is 2.35 bits per heavy atom. The van der Waals surface area contributed by atoms with Crippen molar-refractivity contribution in [2.75, 3.05) is 32.8 Å².